The fourth-order valence-corrected chi connectivity index (χ4v) is 7.63. The molecule has 0 spiro atoms. The van der Waals surface area contributed by atoms with Crippen molar-refractivity contribution < 1.29 is 13.3 Å². The number of hydrogen-bond acceptors (Lipinski definition) is 5. The number of oxazole rings is 1. The first kappa shape index (κ1) is 27.1. The molecule has 0 bridgehead atoms. The maximum Gasteiger partial charge on any atom is 0.227 e. The van der Waals surface area contributed by atoms with Crippen molar-refractivity contribution in [2.24, 2.45) is 0 Å². The molecule has 0 saturated heterocycles. The number of rotatable bonds is 5. The first-order valence-corrected chi connectivity index (χ1v) is 16.7. The molecule has 0 N–H and O–H groups in total. The zero-order valence-corrected chi connectivity index (χ0v) is 26.6. The molecular weight excluding hydrogens is 617 g/mol. The summed E-state index contributed by atoms with van der Waals surface area (Å²) in [5.41, 5.74) is 11.3. The lowest BCUT2D eigenvalue weighted by molar-refractivity contribution is 0.623. The summed E-state index contributed by atoms with van der Waals surface area (Å²) in [7, 11) is 0. The minimum atomic E-state index is 0.581. The minimum Gasteiger partial charge on any atom is -0.456 e. The van der Waals surface area contributed by atoms with E-state index in [0.29, 0.717) is 5.89 Å². The Morgan fingerprint density at radius 1 is 0.420 bits per heavy atom. The molecule has 0 radical (unpaired) electrons. The van der Waals surface area contributed by atoms with Gasteiger partial charge in [0, 0.05) is 60.9 Å². The third kappa shape index (κ3) is 3.92. The van der Waals surface area contributed by atoms with Crippen molar-refractivity contribution in [1.29, 1.82) is 0 Å². The topological polar surface area (TPSA) is 55.6 Å². The molecule has 50 heavy (non-hydrogen) atoms. The molecule has 11 rings (SSSR count). The number of benzene rings is 8. The van der Waals surface area contributed by atoms with Crippen molar-refractivity contribution in [3.8, 4) is 22.6 Å². The van der Waals surface area contributed by atoms with Gasteiger partial charge in [0.15, 0.2) is 5.58 Å². The molecule has 0 amide bonds. The smallest absolute Gasteiger partial charge is 0.227 e. The van der Waals surface area contributed by atoms with Crippen LogP contribution in [0.5, 0.6) is 0 Å². The molecule has 5 nitrogen and oxygen atoms in total. The summed E-state index contributed by atoms with van der Waals surface area (Å²) in [6.45, 7) is 0. The summed E-state index contributed by atoms with van der Waals surface area (Å²) < 4.78 is 19.1. The van der Waals surface area contributed by atoms with Gasteiger partial charge < -0.3 is 18.2 Å². The van der Waals surface area contributed by atoms with Crippen molar-refractivity contribution in [2.75, 3.05) is 4.90 Å². The molecule has 5 heteroatoms. The van der Waals surface area contributed by atoms with Gasteiger partial charge >= 0.3 is 0 Å². The normalized spacial score (nSPS) is 12.0. The highest BCUT2D eigenvalue weighted by atomic mass is 16.4. The zero-order valence-electron chi connectivity index (χ0n) is 26.6. The summed E-state index contributed by atoms with van der Waals surface area (Å²) in [5.74, 6) is 0.581. The largest absolute Gasteiger partial charge is 0.456 e. The van der Waals surface area contributed by atoms with Crippen LogP contribution in [0, 0.1) is 0 Å². The second-order valence-corrected chi connectivity index (χ2v) is 12.7. The first-order valence-electron chi connectivity index (χ1n) is 16.7. The predicted molar refractivity (Wildman–Crippen MR) is 203 cm³/mol. The Bertz CT molecular complexity index is 2960. The fraction of sp³-hybridized carbons (Fsp3) is 0. The van der Waals surface area contributed by atoms with Crippen LogP contribution in [0.15, 0.2) is 171 Å². The molecule has 3 heterocycles. The SMILES string of the molecule is c1ccc(-c2ccccc2N(c2ccc(-c3nc4c5cccc6oc7cccc(c4o3)c7c65)cc2)c2ccc3c(c2)oc2ccccc23)cc1. The Balaban J connectivity index is 1.08. The third-order valence-electron chi connectivity index (χ3n) is 9.87. The van der Waals surface area contributed by atoms with E-state index in [1.807, 2.05) is 42.5 Å². The van der Waals surface area contributed by atoms with Crippen LogP contribution in [0.3, 0.4) is 0 Å². The Kier molecular flexibility index (Phi) is 5.60. The average Bonchev–Trinajstić information content (AvgIpc) is 3.90. The van der Waals surface area contributed by atoms with Crippen molar-refractivity contribution in [2.45, 2.75) is 0 Å². The van der Waals surface area contributed by atoms with Gasteiger partial charge in [0.25, 0.3) is 0 Å². The summed E-state index contributed by atoms with van der Waals surface area (Å²) in [6.07, 6.45) is 0. The van der Waals surface area contributed by atoms with Crippen LogP contribution in [-0.2, 0) is 0 Å². The van der Waals surface area contributed by atoms with E-state index in [9.17, 15) is 0 Å². The number of hydrogen-bond donors (Lipinski definition) is 0. The second-order valence-electron chi connectivity index (χ2n) is 12.7. The molecule has 3 aromatic heterocycles. The van der Waals surface area contributed by atoms with Gasteiger partial charge in [-0.05, 0) is 66.2 Å². The van der Waals surface area contributed by atoms with Crippen molar-refractivity contribution in [1.82, 2.24) is 4.98 Å². The summed E-state index contributed by atoms with van der Waals surface area (Å²) in [4.78, 5) is 7.37. The molecule has 0 aliphatic heterocycles. The van der Waals surface area contributed by atoms with E-state index >= 15 is 0 Å². The van der Waals surface area contributed by atoms with Crippen molar-refractivity contribution >= 4 is 82.8 Å². The van der Waals surface area contributed by atoms with Crippen LogP contribution in [-0.4, -0.2) is 4.98 Å². The molecular formula is C45H26N2O3. The molecule has 11 aromatic rings. The van der Waals surface area contributed by atoms with Gasteiger partial charge in [-0.3, -0.25) is 0 Å². The van der Waals surface area contributed by atoms with Crippen molar-refractivity contribution in [3.05, 3.63) is 158 Å². The first-order chi connectivity index (χ1) is 24.8. The van der Waals surface area contributed by atoms with Crippen LogP contribution in [0.4, 0.5) is 17.1 Å². The molecule has 8 aromatic carbocycles. The zero-order chi connectivity index (χ0) is 32.8. The van der Waals surface area contributed by atoms with E-state index in [-0.39, 0.29) is 0 Å². The molecule has 234 valence electrons. The third-order valence-corrected chi connectivity index (χ3v) is 9.87. The molecule has 0 fully saturated rings. The predicted octanol–water partition coefficient (Wildman–Crippen LogP) is 13.0. The minimum absolute atomic E-state index is 0.581. The van der Waals surface area contributed by atoms with E-state index in [4.69, 9.17) is 18.2 Å². The second kappa shape index (κ2) is 10.3. The summed E-state index contributed by atoms with van der Waals surface area (Å²) in [5, 5.41) is 6.42. The maximum absolute atomic E-state index is 6.58. The lowest BCUT2D eigenvalue weighted by Crippen LogP contribution is -2.11. The van der Waals surface area contributed by atoms with Gasteiger partial charge in [0.2, 0.25) is 5.89 Å². The van der Waals surface area contributed by atoms with Gasteiger partial charge in [-0.2, -0.15) is 0 Å². The number of aromatic nitrogens is 1. The highest BCUT2D eigenvalue weighted by Crippen LogP contribution is 2.45. The number of para-hydroxylation sites is 2. The maximum atomic E-state index is 6.58. The highest BCUT2D eigenvalue weighted by molar-refractivity contribution is 6.31. The standard InChI is InChI=1S/C45H26N2O3/c1-2-10-27(11-3-1)31-12-4-6-16-36(31)47(30-24-25-33-32-13-5-7-17-37(32)48-40(33)26-30)29-22-20-28(21-23-29)45-46-43-34-14-8-18-38-41(34)42-35(44(43)50-45)15-9-19-39(42)49-38/h1-26H. The number of nitrogens with zero attached hydrogens (tertiary/aromatic N) is 2. The Morgan fingerprint density at radius 2 is 1.06 bits per heavy atom. The van der Waals surface area contributed by atoms with Crippen LogP contribution >= 0.6 is 0 Å². The Labute approximate surface area is 285 Å². The molecule has 0 aliphatic carbocycles. The van der Waals surface area contributed by atoms with Crippen LogP contribution < -0.4 is 4.90 Å². The number of fused-ring (bicyclic) bond motifs is 6. The monoisotopic (exact) mass is 642 g/mol. The quantitative estimate of drug-likeness (QED) is 0.175. The summed E-state index contributed by atoms with van der Waals surface area (Å²) >= 11 is 0. The number of furan rings is 2. The van der Waals surface area contributed by atoms with E-state index in [1.165, 1.54) is 0 Å². The fourth-order valence-electron chi connectivity index (χ4n) is 7.63. The van der Waals surface area contributed by atoms with Gasteiger partial charge in [0.05, 0.1) is 5.69 Å². The number of anilines is 3. The van der Waals surface area contributed by atoms with E-state index in [1.54, 1.807) is 0 Å². The Morgan fingerprint density at radius 3 is 1.92 bits per heavy atom. The van der Waals surface area contributed by atoms with Crippen molar-refractivity contribution in [3.63, 3.8) is 0 Å². The Hall–Kier alpha value is -6.85. The van der Waals surface area contributed by atoms with Gasteiger partial charge in [-0.1, -0.05) is 91.0 Å². The van der Waals surface area contributed by atoms with E-state index < -0.39 is 0 Å². The summed E-state index contributed by atoms with van der Waals surface area (Å²) in [6, 6.07) is 54.4. The van der Waals surface area contributed by atoms with Crippen LogP contribution in [0.25, 0.3) is 88.3 Å². The lowest BCUT2D eigenvalue weighted by atomic mass is 10.0. The molecule has 0 saturated carbocycles. The van der Waals surface area contributed by atoms with Gasteiger partial charge in [-0.25, -0.2) is 4.98 Å². The molecule has 0 atom stereocenters. The lowest BCUT2D eigenvalue weighted by Gasteiger charge is -2.28. The van der Waals surface area contributed by atoms with E-state index in [2.05, 4.69) is 120 Å². The van der Waals surface area contributed by atoms with Crippen LogP contribution in [0.2, 0.25) is 0 Å². The molecule has 0 aliphatic rings. The van der Waals surface area contributed by atoms with Crippen LogP contribution in [0.1, 0.15) is 0 Å². The van der Waals surface area contributed by atoms with E-state index in [0.717, 1.165) is 99.5 Å². The van der Waals surface area contributed by atoms with Gasteiger partial charge in [0.1, 0.15) is 27.8 Å². The van der Waals surface area contributed by atoms with Gasteiger partial charge in [-0.15, -0.1) is 0 Å². The average molecular weight is 643 g/mol. The molecule has 0 unspecified atom stereocenters. The highest BCUT2D eigenvalue weighted by Gasteiger charge is 2.22.